The van der Waals surface area contributed by atoms with Crippen LogP contribution in [0.4, 0.5) is 5.69 Å². The number of carboxylic acid groups (broad SMARTS) is 1. The smallest absolute Gasteiger partial charge is 0.338 e. The molecule has 1 aromatic heterocycles. The molecule has 0 saturated heterocycles. The number of benzene rings is 1. The van der Waals surface area contributed by atoms with Crippen molar-refractivity contribution >= 4 is 17.6 Å². The Hall–Kier alpha value is -2.69. The first-order valence-corrected chi connectivity index (χ1v) is 6.03. The highest BCUT2D eigenvalue weighted by atomic mass is 16.4. The van der Waals surface area contributed by atoms with Crippen LogP contribution in [0.25, 0.3) is 0 Å². The third kappa shape index (κ3) is 2.66. The van der Waals surface area contributed by atoms with Crippen LogP contribution in [0.15, 0.2) is 42.6 Å². The van der Waals surface area contributed by atoms with Gasteiger partial charge in [0, 0.05) is 18.9 Å². The van der Waals surface area contributed by atoms with Crippen molar-refractivity contribution < 1.29 is 14.7 Å². The number of carbonyl (C=O) groups is 2. The fraction of sp³-hybridized carbons (Fsp3) is 0.133. The molecule has 0 aliphatic rings. The van der Waals surface area contributed by atoms with E-state index < -0.39 is 11.9 Å². The summed E-state index contributed by atoms with van der Waals surface area (Å²) in [6.07, 6.45) is 1.41. The van der Waals surface area contributed by atoms with Crippen molar-refractivity contribution in [1.82, 2.24) is 4.98 Å². The summed E-state index contributed by atoms with van der Waals surface area (Å²) >= 11 is 0. The predicted octanol–water partition coefficient (Wildman–Crippen LogP) is 2.36. The van der Waals surface area contributed by atoms with Gasteiger partial charge in [-0.2, -0.15) is 0 Å². The van der Waals surface area contributed by atoms with E-state index in [4.69, 9.17) is 5.11 Å². The van der Waals surface area contributed by atoms with Crippen LogP contribution in [0, 0.1) is 6.92 Å². The van der Waals surface area contributed by atoms with Crippen LogP contribution >= 0.6 is 0 Å². The van der Waals surface area contributed by atoms with Crippen LogP contribution in [-0.2, 0) is 0 Å². The fourth-order valence-corrected chi connectivity index (χ4v) is 1.79. The Bertz CT molecular complexity index is 650. The summed E-state index contributed by atoms with van der Waals surface area (Å²) in [5.41, 5.74) is 1.60. The molecule has 0 atom stereocenters. The summed E-state index contributed by atoms with van der Waals surface area (Å²) in [4.78, 5) is 28.7. The van der Waals surface area contributed by atoms with Gasteiger partial charge in [0.1, 0.15) is 5.69 Å². The minimum absolute atomic E-state index is 0.0666. The molecule has 1 heterocycles. The van der Waals surface area contributed by atoms with Crippen LogP contribution < -0.4 is 4.90 Å². The highest BCUT2D eigenvalue weighted by Gasteiger charge is 2.21. The molecule has 0 radical (unpaired) electrons. The molecule has 0 saturated carbocycles. The maximum Gasteiger partial charge on any atom is 0.338 e. The van der Waals surface area contributed by atoms with Gasteiger partial charge in [0.2, 0.25) is 0 Å². The van der Waals surface area contributed by atoms with Crippen LogP contribution in [0.3, 0.4) is 0 Å². The number of pyridine rings is 1. The summed E-state index contributed by atoms with van der Waals surface area (Å²) in [6, 6.07) is 10.2. The van der Waals surface area contributed by atoms with Gasteiger partial charge in [-0.1, -0.05) is 17.7 Å². The van der Waals surface area contributed by atoms with E-state index in [1.807, 2.05) is 19.1 Å². The zero-order valence-electron chi connectivity index (χ0n) is 11.2. The molecule has 0 aliphatic heterocycles. The summed E-state index contributed by atoms with van der Waals surface area (Å²) < 4.78 is 0. The van der Waals surface area contributed by atoms with E-state index in [1.165, 1.54) is 23.2 Å². The van der Waals surface area contributed by atoms with E-state index in [9.17, 15) is 9.59 Å². The van der Waals surface area contributed by atoms with Gasteiger partial charge in [-0.25, -0.2) is 4.79 Å². The summed E-state index contributed by atoms with van der Waals surface area (Å²) in [5.74, 6) is -1.62. The second-order valence-corrected chi connectivity index (χ2v) is 4.40. The summed E-state index contributed by atoms with van der Waals surface area (Å²) in [6.45, 7) is 1.95. The quantitative estimate of drug-likeness (QED) is 0.929. The number of hydrogen-bond acceptors (Lipinski definition) is 3. The number of aromatic carboxylic acids is 1. The number of nitrogens with zero attached hydrogens (tertiary/aromatic N) is 2. The summed E-state index contributed by atoms with van der Waals surface area (Å²) in [7, 11) is 1.59. The molecule has 0 bridgehead atoms. The van der Waals surface area contributed by atoms with Crippen LogP contribution in [0.5, 0.6) is 0 Å². The van der Waals surface area contributed by atoms with Gasteiger partial charge >= 0.3 is 5.97 Å². The first kappa shape index (κ1) is 13.7. The first-order chi connectivity index (χ1) is 9.50. The zero-order valence-corrected chi connectivity index (χ0v) is 11.2. The number of amides is 1. The van der Waals surface area contributed by atoms with Gasteiger partial charge in [-0.15, -0.1) is 0 Å². The van der Waals surface area contributed by atoms with Crippen molar-refractivity contribution in [1.29, 1.82) is 0 Å². The molecule has 0 aliphatic carbocycles. The van der Waals surface area contributed by atoms with Gasteiger partial charge in [0.15, 0.2) is 0 Å². The highest BCUT2D eigenvalue weighted by Crippen LogP contribution is 2.17. The Morgan fingerprint density at radius 1 is 1.15 bits per heavy atom. The Morgan fingerprint density at radius 2 is 1.80 bits per heavy atom. The second-order valence-electron chi connectivity index (χ2n) is 4.40. The molecule has 0 fully saturated rings. The van der Waals surface area contributed by atoms with Gasteiger partial charge in [-0.3, -0.25) is 9.78 Å². The van der Waals surface area contributed by atoms with E-state index in [0.29, 0.717) is 5.69 Å². The number of anilines is 1. The monoisotopic (exact) mass is 270 g/mol. The predicted molar refractivity (Wildman–Crippen MR) is 75.1 cm³/mol. The highest BCUT2D eigenvalue weighted by molar-refractivity contribution is 6.10. The molecule has 5 heteroatoms. The molecular formula is C15H14N2O3. The molecule has 2 aromatic rings. The standard InChI is InChI=1S/C15H14N2O3/c1-10-5-7-11(8-6-10)17(2)14(18)13-12(15(19)20)4-3-9-16-13/h3-9H,1-2H3,(H,19,20). The van der Waals surface area contributed by atoms with Crippen LogP contribution in [-0.4, -0.2) is 29.0 Å². The van der Waals surface area contributed by atoms with E-state index in [-0.39, 0.29) is 11.3 Å². The average molecular weight is 270 g/mol. The van der Waals surface area contributed by atoms with E-state index in [2.05, 4.69) is 4.98 Å². The zero-order chi connectivity index (χ0) is 14.7. The third-order valence-electron chi connectivity index (χ3n) is 2.97. The fourth-order valence-electron chi connectivity index (χ4n) is 1.79. The lowest BCUT2D eigenvalue weighted by molar-refractivity contribution is 0.0691. The summed E-state index contributed by atoms with van der Waals surface area (Å²) in [5, 5.41) is 9.09. The molecule has 102 valence electrons. The average Bonchev–Trinajstić information content (AvgIpc) is 2.46. The molecule has 1 N–H and O–H groups in total. The van der Waals surface area contributed by atoms with Gasteiger partial charge < -0.3 is 10.0 Å². The molecule has 1 aromatic carbocycles. The van der Waals surface area contributed by atoms with Crippen molar-refractivity contribution in [3.05, 3.63) is 59.4 Å². The van der Waals surface area contributed by atoms with Crippen molar-refractivity contribution in [2.45, 2.75) is 6.92 Å². The molecule has 0 unspecified atom stereocenters. The first-order valence-electron chi connectivity index (χ1n) is 6.03. The number of aryl methyl sites for hydroxylation is 1. The number of carboxylic acids is 1. The largest absolute Gasteiger partial charge is 0.478 e. The van der Waals surface area contributed by atoms with Gasteiger partial charge in [0.05, 0.1) is 5.56 Å². The van der Waals surface area contributed by atoms with Crippen molar-refractivity contribution in [2.75, 3.05) is 11.9 Å². The maximum absolute atomic E-state index is 12.4. The van der Waals surface area contributed by atoms with Crippen molar-refractivity contribution in [2.24, 2.45) is 0 Å². The number of rotatable bonds is 3. The number of aromatic nitrogens is 1. The molecule has 5 nitrogen and oxygen atoms in total. The lowest BCUT2D eigenvalue weighted by Crippen LogP contribution is -2.28. The minimum atomic E-state index is -1.17. The molecule has 0 spiro atoms. The normalized spacial score (nSPS) is 10.1. The topological polar surface area (TPSA) is 70.5 Å². The SMILES string of the molecule is Cc1ccc(N(C)C(=O)c2ncccc2C(=O)O)cc1. The maximum atomic E-state index is 12.4. The number of hydrogen-bond donors (Lipinski definition) is 1. The van der Waals surface area contributed by atoms with Crippen LogP contribution in [0.2, 0.25) is 0 Å². The molecule has 1 amide bonds. The number of carbonyl (C=O) groups excluding carboxylic acids is 1. The Kier molecular flexibility index (Phi) is 3.79. The molecule has 20 heavy (non-hydrogen) atoms. The Morgan fingerprint density at radius 3 is 2.40 bits per heavy atom. The van der Waals surface area contributed by atoms with Crippen molar-refractivity contribution in [3.63, 3.8) is 0 Å². The minimum Gasteiger partial charge on any atom is -0.478 e. The van der Waals surface area contributed by atoms with Gasteiger partial charge in [0.25, 0.3) is 5.91 Å². The van der Waals surface area contributed by atoms with E-state index >= 15 is 0 Å². The van der Waals surface area contributed by atoms with E-state index in [1.54, 1.807) is 19.2 Å². The lowest BCUT2D eigenvalue weighted by Gasteiger charge is -2.17. The second kappa shape index (κ2) is 5.52. The molecular weight excluding hydrogens is 256 g/mol. The third-order valence-corrected chi connectivity index (χ3v) is 2.97. The Balaban J connectivity index is 2.36. The van der Waals surface area contributed by atoms with Crippen LogP contribution in [0.1, 0.15) is 26.4 Å². The molecule has 2 rings (SSSR count). The van der Waals surface area contributed by atoms with E-state index in [0.717, 1.165) is 5.56 Å². The van der Waals surface area contributed by atoms with Gasteiger partial charge in [-0.05, 0) is 31.2 Å². The lowest BCUT2D eigenvalue weighted by atomic mass is 10.1. The van der Waals surface area contributed by atoms with Crippen molar-refractivity contribution in [3.8, 4) is 0 Å². The Labute approximate surface area is 116 Å².